The topological polar surface area (TPSA) is 86.0 Å². The molecule has 0 bridgehead atoms. The second kappa shape index (κ2) is 5.57. The van der Waals surface area contributed by atoms with E-state index in [1.807, 2.05) is 6.92 Å². The Balaban J connectivity index is 2.32. The summed E-state index contributed by atoms with van der Waals surface area (Å²) in [5.74, 6) is 0. The highest BCUT2D eigenvalue weighted by atomic mass is 32.2. The molecule has 1 aromatic carbocycles. The van der Waals surface area contributed by atoms with Crippen LogP contribution in [0.2, 0.25) is 0 Å². The monoisotopic (exact) mass is 275 g/mol. The van der Waals surface area contributed by atoms with Crippen LogP contribution in [0.15, 0.2) is 40.6 Å². The highest BCUT2D eigenvalue weighted by Gasteiger charge is 2.12. The lowest BCUT2D eigenvalue weighted by Gasteiger charge is -2.03. The first-order chi connectivity index (χ1) is 9.10. The van der Waals surface area contributed by atoms with Crippen molar-refractivity contribution < 1.29 is 9.72 Å². The molecular weight excluding hydrogens is 266 g/mol. The van der Waals surface area contributed by atoms with Gasteiger partial charge in [-0.3, -0.25) is 14.9 Å². The lowest BCUT2D eigenvalue weighted by molar-refractivity contribution is -0.384. The van der Waals surface area contributed by atoms with Crippen LogP contribution in [0.4, 0.5) is 5.69 Å². The van der Waals surface area contributed by atoms with Crippen molar-refractivity contribution in [2.75, 3.05) is 0 Å². The lowest BCUT2D eigenvalue weighted by atomic mass is 10.2. The Hall–Kier alpha value is -2.28. The van der Waals surface area contributed by atoms with Crippen molar-refractivity contribution in [2.45, 2.75) is 17.0 Å². The predicted molar refractivity (Wildman–Crippen MR) is 69.4 cm³/mol. The number of nitro groups is 1. The van der Waals surface area contributed by atoms with Gasteiger partial charge in [0.15, 0.2) is 11.4 Å². The van der Waals surface area contributed by atoms with E-state index in [9.17, 15) is 14.9 Å². The molecular formula is C12H9N3O3S. The molecule has 0 aliphatic carbocycles. The second-order valence-electron chi connectivity index (χ2n) is 3.74. The summed E-state index contributed by atoms with van der Waals surface area (Å²) in [7, 11) is 0. The SMILES string of the molecule is Cc1cnc(Sc2ccc([N+](=O)[O-])cc2C=O)nc1. The lowest BCUT2D eigenvalue weighted by Crippen LogP contribution is -1.93. The highest BCUT2D eigenvalue weighted by Crippen LogP contribution is 2.29. The molecule has 0 unspecified atom stereocenters. The molecule has 19 heavy (non-hydrogen) atoms. The highest BCUT2D eigenvalue weighted by molar-refractivity contribution is 7.99. The minimum atomic E-state index is -0.538. The third kappa shape index (κ3) is 3.14. The minimum absolute atomic E-state index is 0.115. The fourth-order valence-electron chi connectivity index (χ4n) is 1.37. The van der Waals surface area contributed by atoms with E-state index in [-0.39, 0.29) is 11.3 Å². The first-order valence-electron chi connectivity index (χ1n) is 5.30. The molecule has 0 spiro atoms. The molecule has 0 saturated heterocycles. The summed E-state index contributed by atoms with van der Waals surface area (Å²) in [6.07, 6.45) is 3.92. The molecule has 0 N–H and O–H groups in total. The van der Waals surface area contributed by atoms with Gasteiger partial charge in [-0.1, -0.05) is 0 Å². The van der Waals surface area contributed by atoms with Gasteiger partial charge in [0.2, 0.25) is 0 Å². The first-order valence-corrected chi connectivity index (χ1v) is 6.12. The van der Waals surface area contributed by atoms with Crippen LogP contribution in [0.3, 0.4) is 0 Å². The van der Waals surface area contributed by atoms with Gasteiger partial charge in [0.05, 0.1) is 4.92 Å². The Morgan fingerprint density at radius 1 is 1.32 bits per heavy atom. The molecule has 1 aromatic heterocycles. The standard InChI is InChI=1S/C12H9N3O3S/c1-8-5-13-12(14-6-8)19-11-3-2-10(15(17)18)4-9(11)7-16/h2-7H,1H3. The number of non-ortho nitro benzene ring substituents is 1. The maximum atomic E-state index is 11.0. The van der Waals surface area contributed by atoms with Gasteiger partial charge in [0.1, 0.15) is 0 Å². The van der Waals surface area contributed by atoms with Gasteiger partial charge >= 0.3 is 0 Å². The van der Waals surface area contributed by atoms with Crippen LogP contribution < -0.4 is 0 Å². The zero-order valence-electron chi connectivity index (χ0n) is 9.94. The van der Waals surface area contributed by atoms with Crippen molar-refractivity contribution in [1.82, 2.24) is 9.97 Å². The zero-order chi connectivity index (χ0) is 13.8. The Labute approximate surface area is 113 Å². The zero-order valence-corrected chi connectivity index (χ0v) is 10.8. The Morgan fingerprint density at radius 2 is 2.00 bits per heavy atom. The van der Waals surface area contributed by atoms with Crippen LogP contribution in [-0.4, -0.2) is 21.2 Å². The van der Waals surface area contributed by atoms with Crippen LogP contribution >= 0.6 is 11.8 Å². The molecule has 96 valence electrons. The number of rotatable bonds is 4. The van der Waals surface area contributed by atoms with E-state index in [0.29, 0.717) is 16.3 Å². The van der Waals surface area contributed by atoms with Gasteiger partial charge in [-0.25, -0.2) is 9.97 Å². The number of hydrogen-bond acceptors (Lipinski definition) is 6. The molecule has 7 heteroatoms. The number of nitrogens with zero attached hydrogens (tertiary/aromatic N) is 3. The number of aromatic nitrogens is 2. The average Bonchev–Trinajstić information content (AvgIpc) is 2.41. The summed E-state index contributed by atoms with van der Waals surface area (Å²) in [4.78, 5) is 29.9. The van der Waals surface area contributed by atoms with E-state index >= 15 is 0 Å². The van der Waals surface area contributed by atoms with E-state index in [1.165, 1.54) is 30.0 Å². The second-order valence-corrected chi connectivity index (χ2v) is 4.75. The van der Waals surface area contributed by atoms with E-state index in [0.717, 1.165) is 5.56 Å². The molecule has 2 aromatic rings. The van der Waals surface area contributed by atoms with E-state index in [1.54, 1.807) is 12.4 Å². The average molecular weight is 275 g/mol. The Morgan fingerprint density at radius 3 is 2.58 bits per heavy atom. The van der Waals surface area contributed by atoms with Crippen molar-refractivity contribution in [3.63, 3.8) is 0 Å². The molecule has 1 heterocycles. The quantitative estimate of drug-likeness (QED) is 0.369. The van der Waals surface area contributed by atoms with E-state index in [4.69, 9.17) is 0 Å². The minimum Gasteiger partial charge on any atom is -0.298 e. The summed E-state index contributed by atoms with van der Waals surface area (Å²) in [5.41, 5.74) is 1.07. The van der Waals surface area contributed by atoms with Crippen LogP contribution in [0, 0.1) is 17.0 Å². The summed E-state index contributed by atoms with van der Waals surface area (Å²) < 4.78 is 0. The summed E-state index contributed by atoms with van der Waals surface area (Å²) in [5, 5.41) is 11.1. The molecule has 0 aliphatic rings. The maximum Gasteiger partial charge on any atom is 0.270 e. The van der Waals surface area contributed by atoms with Crippen LogP contribution in [-0.2, 0) is 0 Å². The summed E-state index contributed by atoms with van der Waals surface area (Å²) in [6.45, 7) is 1.87. The molecule has 0 radical (unpaired) electrons. The number of nitro benzene ring substituents is 1. The van der Waals surface area contributed by atoms with E-state index in [2.05, 4.69) is 9.97 Å². The van der Waals surface area contributed by atoms with Crippen LogP contribution in [0.1, 0.15) is 15.9 Å². The Bertz CT molecular complexity index is 629. The summed E-state index contributed by atoms with van der Waals surface area (Å²) in [6, 6.07) is 4.11. The third-order valence-corrected chi connectivity index (χ3v) is 3.27. The fourth-order valence-corrected chi connectivity index (χ4v) is 2.13. The maximum absolute atomic E-state index is 11.0. The number of carbonyl (C=O) groups is 1. The molecule has 6 nitrogen and oxygen atoms in total. The number of aryl methyl sites for hydroxylation is 1. The van der Waals surface area contributed by atoms with E-state index < -0.39 is 4.92 Å². The van der Waals surface area contributed by atoms with Crippen molar-refractivity contribution in [2.24, 2.45) is 0 Å². The number of hydrogen-bond donors (Lipinski definition) is 0. The molecule has 0 saturated carbocycles. The van der Waals surface area contributed by atoms with Crippen molar-refractivity contribution >= 4 is 23.7 Å². The molecule has 2 rings (SSSR count). The first kappa shape index (κ1) is 13.2. The molecule has 0 aliphatic heterocycles. The van der Waals surface area contributed by atoms with Crippen molar-refractivity contribution in [3.8, 4) is 0 Å². The Kier molecular flexibility index (Phi) is 3.86. The number of benzene rings is 1. The largest absolute Gasteiger partial charge is 0.298 e. The smallest absolute Gasteiger partial charge is 0.270 e. The van der Waals surface area contributed by atoms with Gasteiger partial charge in [0, 0.05) is 35.0 Å². The third-order valence-electron chi connectivity index (χ3n) is 2.29. The molecule has 0 amide bonds. The van der Waals surface area contributed by atoms with Gasteiger partial charge in [-0.05, 0) is 30.3 Å². The van der Waals surface area contributed by atoms with Crippen molar-refractivity contribution in [1.29, 1.82) is 0 Å². The van der Waals surface area contributed by atoms with Crippen LogP contribution in [0.5, 0.6) is 0 Å². The number of carbonyl (C=O) groups excluding carboxylic acids is 1. The predicted octanol–water partition coefficient (Wildman–Crippen LogP) is 2.66. The van der Waals surface area contributed by atoms with Gasteiger partial charge in [-0.15, -0.1) is 0 Å². The van der Waals surface area contributed by atoms with Gasteiger partial charge in [0.25, 0.3) is 5.69 Å². The fraction of sp³-hybridized carbons (Fsp3) is 0.0833. The van der Waals surface area contributed by atoms with Crippen LogP contribution in [0.25, 0.3) is 0 Å². The van der Waals surface area contributed by atoms with Crippen molar-refractivity contribution in [3.05, 3.63) is 51.8 Å². The normalized spacial score (nSPS) is 10.2. The number of aldehydes is 1. The molecule has 0 fully saturated rings. The van der Waals surface area contributed by atoms with Gasteiger partial charge in [-0.2, -0.15) is 0 Å². The summed E-state index contributed by atoms with van der Waals surface area (Å²) >= 11 is 1.19. The molecule has 0 atom stereocenters. The van der Waals surface area contributed by atoms with Gasteiger partial charge < -0.3 is 0 Å².